The predicted octanol–water partition coefficient (Wildman–Crippen LogP) is 4.03. The van der Waals surface area contributed by atoms with Gasteiger partial charge in [-0.3, -0.25) is 4.79 Å². The molecule has 0 saturated heterocycles. The van der Waals surface area contributed by atoms with Crippen LogP contribution in [0, 0.1) is 20.8 Å². The third-order valence-corrected chi connectivity index (χ3v) is 4.75. The lowest BCUT2D eigenvalue weighted by Gasteiger charge is -2.06. The molecule has 0 spiro atoms. The first-order valence-electron chi connectivity index (χ1n) is 6.87. The Balaban J connectivity index is 1.94. The van der Waals surface area contributed by atoms with Crippen LogP contribution in [0.25, 0.3) is 11.0 Å². The molecule has 0 saturated carbocycles. The third-order valence-electron chi connectivity index (χ3n) is 3.60. The number of benzene rings is 1. The van der Waals surface area contributed by atoms with Crippen LogP contribution in [0.2, 0.25) is 0 Å². The van der Waals surface area contributed by atoms with Gasteiger partial charge < -0.3 is 9.73 Å². The number of carbonyl (C=O) groups is 1. The van der Waals surface area contributed by atoms with E-state index in [0.29, 0.717) is 16.1 Å². The van der Waals surface area contributed by atoms with Crippen molar-refractivity contribution in [2.45, 2.75) is 20.8 Å². The number of rotatable bonds is 2. The smallest absolute Gasteiger partial charge is 0.336 e. The number of hydrogen-bond donors (Lipinski definition) is 1. The molecule has 22 heavy (non-hydrogen) atoms. The molecule has 0 aliphatic heterocycles. The van der Waals surface area contributed by atoms with Crippen molar-refractivity contribution < 1.29 is 9.21 Å². The van der Waals surface area contributed by atoms with E-state index < -0.39 is 5.63 Å². The molecule has 0 radical (unpaired) electrons. The zero-order chi connectivity index (χ0) is 15.9. The number of aryl methyl sites for hydroxylation is 3. The second kappa shape index (κ2) is 5.42. The van der Waals surface area contributed by atoms with Gasteiger partial charge in [0.15, 0.2) is 0 Å². The minimum Gasteiger partial charge on any atom is -0.423 e. The number of fused-ring (bicyclic) bond motifs is 1. The average Bonchev–Trinajstić information content (AvgIpc) is 2.78. The molecule has 4 nitrogen and oxygen atoms in total. The summed E-state index contributed by atoms with van der Waals surface area (Å²) in [6.07, 6.45) is 0. The van der Waals surface area contributed by atoms with Gasteiger partial charge in [0.05, 0.1) is 4.88 Å². The number of nitrogens with one attached hydrogen (secondary N) is 1. The first-order chi connectivity index (χ1) is 10.4. The van der Waals surface area contributed by atoms with Crippen molar-refractivity contribution in [3.05, 3.63) is 61.6 Å². The monoisotopic (exact) mass is 313 g/mol. The quantitative estimate of drug-likeness (QED) is 0.727. The van der Waals surface area contributed by atoms with Crippen molar-refractivity contribution in [1.29, 1.82) is 0 Å². The van der Waals surface area contributed by atoms with Crippen LogP contribution in [0.5, 0.6) is 0 Å². The Bertz CT molecular complexity index is 917. The second-order valence-corrected chi connectivity index (χ2v) is 6.52. The summed E-state index contributed by atoms with van der Waals surface area (Å²) in [5, 5.41) is 3.70. The molecule has 0 aliphatic rings. The van der Waals surface area contributed by atoms with E-state index in [9.17, 15) is 9.59 Å². The van der Waals surface area contributed by atoms with Crippen LogP contribution in [0.3, 0.4) is 0 Å². The first kappa shape index (κ1) is 14.5. The molecule has 0 atom stereocenters. The molecular formula is C17H15NO3S. The second-order valence-electron chi connectivity index (χ2n) is 5.26. The maximum atomic E-state index is 12.3. The Morgan fingerprint density at radius 3 is 2.55 bits per heavy atom. The van der Waals surface area contributed by atoms with Gasteiger partial charge in [-0.25, -0.2) is 4.79 Å². The molecule has 2 heterocycles. The average molecular weight is 313 g/mol. The summed E-state index contributed by atoms with van der Waals surface area (Å²) in [7, 11) is 0. The molecule has 1 N–H and O–H groups in total. The highest BCUT2D eigenvalue weighted by molar-refractivity contribution is 7.14. The van der Waals surface area contributed by atoms with Gasteiger partial charge in [-0.2, -0.15) is 0 Å². The Hall–Kier alpha value is -2.40. The molecule has 0 aliphatic carbocycles. The van der Waals surface area contributed by atoms with Crippen LogP contribution in [-0.2, 0) is 0 Å². The Morgan fingerprint density at radius 2 is 1.86 bits per heavy atom. The van der Waals surface area contributed by atoms with Gasteiger partial charge in [0, 0.05) is 28.1 Å². The lowest BCUT2D eigenvalue weighted by molar-refractivity contribution is 0.103. The highest BCUT2D eigenvalue weighted by Crippen LogP contribution is 2.24. The van der Waals surface area contributed by atoms with E-state index in [-0.39, 0.29) is 5.91 Å². The number of hydrogen-bond acceptors (Lipinski definition) is 4. The van der Waals surface area contributed by atoms with Crippen molar-refractivity contribution in [1.82, 2.24) is 0 Å². The summed E-state index contributed by atoms with van der Waals surface area (Å²) >= 11 is 1.46. The Labute approximate surface area is 131 Å². The normalized spacial score (nSPS) is 10.9. The van der Waals surface area contributed by atoms with E-state index in [1.54, 1.807) is 12.1 Å². The standard InChI is InChI=1S/C17H15NO3S/c1-9-6-15(22-11(9)3)17(20)18-12-4-5-13-10(2)7-16(19)21-14(13)8-12/h4-8H,1-3H3,(H,18,20). The molecule has 0 unspecified atom stereocenters. The van der Waals surface area contributed by atoms with Gasteiger partial charge in [-0.1, -0.05) is 0 Å². The van der Waals surface area contributed by atoms with Crippen LogP contribution in [0.4, 0.5) is 5.69 Å². The Kier molecular flexibility index (Phi) is 3.58. The van der Waals surface area contributed by atoms with Crippen LogP contribution in [0.1, 0.15) is 25.7 Å². The van der Waals surface area contributed by atoms with Gasteiger partial charge in [-0.05, 0) is 50.1 Å². The highest BCUT2D eigenvalue weighted by Gasteiger charge is 2.11. The van der Waals surface area contributed by atoms with Crippen LogP contribution < -0.4 is 10.9 Å². The molecule has 2 aromatic heterocycles. The molecule has 1 amide bonds. The summed E-state index contributed by atoms with van der Waals surface area (Å²) in [6.45, 7) is 5.83. The number of carbonyl (C=O) groups excluding carboxylic acids is 1. The van der Waals surface area contributed by atoms with E-state index in [1.807, 2.05) is 32.9 Å². The van der Waals surface area contributed by atoms with E-state index in [4.69, 9.17) is 4.42 Å². The van der Waals surface area contributed by atoms with Crippen LogP contribution in [0.15, 0.2) is 39.5 Å². The van der Waals surface area contributed by atoms with Crippen LogP contribution >= 0.6 is 11.3 Å². The van der Waals surface area contributed by atoms with Crippen molar-refractivity contribution in [2.24, 2.45) is 0 Å². The lowest BCUT2D eigenvalue weighted by Crippen LogP contribution is -2.10. The third kappa shape index (κ3) is 2.67. The van der Waals surface area contributed by atoms with Crippen molar-refractivity contribution >= 4 is 33.9 Å². The van der Waals surface area contributed by atoms with E-state index >= 15 is 0 Å². The first-order valence-corrected chi connectivity index (χ1v) is 7.68. The van der Waals surface area contributed by atoms with Gasteiger partial charge >= 0.3 is 5.63 Å². The minimum absolute atomic E-state index is 0.157. The molecule has 0 bridgehead atoms. The zero-order valence-corrected chi connectivity index (χ0v) is 13.3. The largest absolute Gasteiger partial charge is 0.423 e. The molecule has 3 rings (SSSR count). The van der Waals surface area contributed by atoms with Gasteiger partial charge in [0.25, 0.3) is 5.91 Å². The molecule has 1 aromatic carbocycles. The predicted molar refractivity (Wildman–Crippen MR) is 89.0 cm³/mol. The maximum Gasteiger partial charge on any atom is 0.336 e. The van der Waals surface area contributed by atoms with Crippen LogP contribution in [-0.4, -0.2) is 5.91 Å². The van der Waals surface area contributed by atoms with Crippen molar-refractivity contribution in [2.75, 3.05) is 5.32 Å². The Morgan fingerprint density at radius 1 is 1.09 bits per heavy atom. The summed E-state index contributed by atoms with van der Waals surface area (Å²) < 4.78 is 5.19. The fourth-order valence-corrected chi connectivity index (χ4v) is 3.21. The molecule has 3 aromatic rings. The van der Waals surface area contributed by atoms with Gasteiger partial charge in [0.1, 0.15) is 5.58 Å². The molecular weight excluding hydrogens is 298 g/mol. The van der Waals surface area contributed by atoms with Gasteiger partial charge in [-0.15, -0.1) is 11.3 Å². The van der Waals surface area contributed by atoms with Crippen molar-refractivity contribution in [3.8, 4) is 0 Å². The number of thiophene rings is 1. The highest BCUT2D eigenvalue weighted by atomic mass is 32.1. The van der Waals surface area contributed by atoms with E-state index in [1.165, 1.54) is 17.4 Å². The summed E-state index contributed by atoms with van der Waals surface area (Å²) in [6, 6.07) is 8.65. The summed E-state index contributed by atoms with van der Waals surface area (Å²) in [5.74, 6) is -0.157. The van der Waals surface area contributed by atoms with E-state index in [2.05, 4.69) is 5.32 Å². The van der Waals surface area contributed by atoms with Crippen molar-refractivity contribution in [3.63, 3.8) is 0 Å². The fraction of sp³-hybridized carbons (Fsp3) is 0.176. The maximum absolute atomic E-state index is 12.3. The molecule has 112 valence electrons. The number of amides is 1. The molecule has 5 heteroatoms. The number of anilines is 1. The lowest BCUT2D eigenvalue weighted by atomic mass is 10.1. The SMILES string of the molecule is Cc1cc(C(=O)Nc2ccc3c(C)cc(=O)oc3c2)sc1C. The van der Waals surface area contributed by atoms with E-state index in [0.717, 1.165) is 21.4 Å². The summed E-state index contributed by atoms with van der Waals surface area (Å²) in [5.41, 5.74) is 2.65. The zero-order valence-electron chi connectivity index (χ0n) is 12.5. The summed E-state index contributed by atoms with van der Waals surface area (Å²) in [4.78, 5) is 25.5. The molecule has 0 fully saturated rings. The van der Waals surface area contributed by atoms with Gasteiger partial charge in [0.2, 0.25) is 0 Å². The fourth-order valence-electron chi connectivity index (χ4n) is 2.28. The topological polar surface area (TPSA) is 59.3 Å². The minimum atomic E-state index is -0.391.